The van der Waals surface area contributed by atoms with Crippen molar-refractivity contribution in [2.75, 3.05) is 7.05 Å². The van der Waals surface area contributed by atoms with Crippen LogP contribution in [0.3, 0.4) is 0 Å². The summed E-state index contributed by atoms with van der Waals surface area (Å²) in [5.74, 6) is -5.70. The van der Waals surface area contributed by atoms with E-state index in [4.69, 9.17) is 28.8 Å². The molecule has 11 N–H and O–H groups in total. The molecule has 0 saturated heterocycles. The molecule has 0 aliphatic rings. The molecule has 0 aliphatic heterocycles. The number of carbonyl (C=O) groups excluding carboxylic acids is 7. The number of rotatable bonds is 19. The molecule has 46 heavy (non-hydrogen) atoms. The number of nitrogens with one attached hydrogen (secondary N) is 5. The third kappa shape index (κ3) is 14.7. The maximum Gasteiger partial charge on any atom is 0.243 e. The molecule has 0 saturated carbocycles. The quantitative estimate of drug-likeness (QED) is 0.0881. The second-order valence-corrected chi connectivity index (χ2v) is 12.3. The Balaban J connectivity index is 3.14. The van der Waals surface area contributed by atoms with Crippen LogP contribution in [-0.4, -0.2) is 78.6 Å². The predicted molar refractivity (Wildman–Crippen MR) is 171 cm³/mol. The van der Waals surface area contributed by atoms with Crippen LogP contribution in [-0.2, 0) is 40.0 Å². The normalized spacial score (nSPS) is 14.3. The van der Waals surface area contributed by atoms with E-state index in [2.05, 4.69) is 26.6 Å². The third-order valence-corrected chi connectivity index (χ3v) is 6.96. The number of benzene rings is 1. The van der Waals surface area contributed by atoms with Crippen molar-refractivity contribution in [3.05, 3.63) is 34.9 Å². The highest BCUT2D eigenvalue weighted by Crippen LogP contribution is 2.13. The first-order valence-corrected chi connectivity index (χ1v) is 15.3. The smallest absolute Gasteiger partial charge is 0.243 e. The number of primary amides is 2. The highest BCUT2D eigenvalue weighted by atomic mass is 35.5. The van der Waals surface area contributed by atoms with Gasteiger partial charge in [0.1, 0.15) is 24.2 Å². The van der Waals surface area contributed by atoms with Gasteiger partial charge < -0.3 is 43.8 Å². The van der Waals surface area contributed by atoms with Gasteiger partial charge in [-0.25, -0.2) is 0 Å². The van der Waals surface area contributed by atoms with Gasteiger partial charge in [-0.1, -0.05) is 51.4 Å². The second-order valence-electron chi connectivity index (χ2n) is 11.9. The molecule has 1 aromatic rings. The summed E-state index contributed by atoms with van der Waals surface area (Å²) in [6, 6.07) is 0.706. The summed E-state index contributed by atoms with van der Waals surface area (Å²) in [5.41, 5.74) is 17.4. The molecular formula is C30H47ClN8O7. The molecule has 1 rings (SSSR count). The maximum absolute atomic E-state index is 13.5. The summed E-state index contributed by atoms with van der Waals surface area (Å²) in [5, 5.41) is 12.9. The Morgan fingerprint density at radius 2 is 1.00 bits per heavy atom. The molecule has 0 fully saturated rings. The number of nitrogens with two attached hydrogens (primary N) is 3. The fourth-order valence-corrected chi connectivity index (χ4v) is 4.59. The molecule has 0 bridgehead atoms. The van der Waals surface area contributed by atoms with Crippen LogP contribution in [0.1, 0.15) is 58.9 Å². The number of hydrogen-bond acceptors (Lipinski definition) is 8. The SMILES string of the molecule is CNC(=O)[C@H](CC(N)=O)NC(=O)[C@H](CC(N)=O)NC(=O)[C@H](CC(C)C)NC(=O)[C@H](CC(C)C)NC(=O)[C@@H](N)Cc1ccc(Cl)cc1. The third-order valence-electron chi connectivity index (χ3n) is 6.71. The van der Waals surface area contributed by atoms with Crippen molar-refractivity contribution in [3.8, 4) is 0 Å². The lowest BCUT2D eigenvalue weighted by Crippen LogP contribution is -2.59. The molecule has 0 radical (unpaired) electrons. The van der Waals surface area contributed by atoms with Crippen molar-refractivity contribution >= 4 is 53.0 Å². The van der Waals surface area contributed by atoms with Crippen LogP contribution in [0.5, 0.6) is 0 Å². The first-order valence-electron chi connectivity index (χ1n) is 14.9. The van der Waals surface area contributed by atoms with Crippen LogP contribution in [0, 0.1) is 11.8 Å². The molecule has 256 valence electrons. The zero-order chi connectivity index (χ0) is 35.1. The van der Waals surface area contributed by atoms with E-state index in [1.165, 1.54) is 7.05 Å². The number of hydrogen-bond donors (Lipinski definition) is 8. The molecule has 5 atom stereocenters. The average Bonchev–Trinajstić information content (AvgIpc) is 2.95. The number of halogens is 1. The molecule has 0 aliphatic carbocycles. The first kappa shape index (κ1) is 39.8. The van der Waals surface area contributed by atoms with Crippen LogP contribution in [0.4, 0.5) is 0 Å². The summed E-state index contributed by atoms with van der Waals surface area (Å²) >= 11 is 5.92. The van der Waals surface area contributed by atoms with Crippen molar-refractivity contribution in [1.29, 1.82) is 0 Å². The van der Waals surface area contributed by atoms with E-state index in [0.29, 0.717) is 5.02 Å². The van der Waals surface area contributed by atoms with Gasteiger partial charge in [-0.15, -0.1) is 0 Å². The van der Waals surface area contributed by atoms with Gasteiger partial charge in [-0.05, 0) is 48.8 Å². The lowest BCUT2D eigenvalue weighted by Gasteiger charge is -2.27. The molecule has 0 spiro atoms. The summed E-state index contributed by atoms with van der Waals surface area (Å²) in [6.45, 7) is 7.33. The summed E-state index contributed by atoms with van der Waals surface area (Å²) < 4.78 is 0. The summed E-state index contributed by atoms with van der Waals surface area (Å²) in [4.78, 5) is 88.3. The Morgan fingerprint density at radius 1 is 0.630 bits per heavy atom. The number of likely N-dealkylation sites (N-methyl/N-ethyl adjacent to an activating group) is 1. The van der Waals surface area contributed by atoms with Crippen molar-refractivity contribution in [2.45, 2.75) is 90.0 Å². The summed E-state index contributed by atoms with van der Waals surface area (Å²) in [6.07, 6.45) is -0.630. The van der Waals surface area contributed by atoms with Crippen LogP contribution < -0.4 is 43.8 Å². The predicted octanol–water partition coefficient (Wildman–Crippen LogP) is -1.26. The fraction of sp³-hybridized carbons (Fsp3) is 0.567. The maximum atomic E-state index is 13.5. The van der Waals surface area contributed by atoms with Gasteiger partial charge >= 0.3 is 0 Å². The molecule has 16 heteroatoms. The lowest BCUT2D eigenvalue weighted by molar-refractivity contribution is -0.136. The second kappa shape index (κ2) is 19.3. The van der Waals surface area contributed by atoms with Crippen LogP contribution >= 0.6 is 11.6 Å². The van der Waals surface area contributed by atoms with Crippen molar-refractivity contribution in [2.24, 2.45) is 29.0 Å². The minimum atomic E-state index is -1.55. The minimum Gasteiger partial charge on any atom is -0.370 e. The monoisotopic (exact) mass is 666 g/mol. The van der Waals surface area contributed by atoms with Gasteiger partial charge in [0.05, 0.1) is 18.9 Å². The molecule has 7 amide bonds. The first-order chi connectivity index (χ1) is 21.4. The van der Waals surface area contributed by atoms with Gasteiger partial charge in [0.2, 0.25) is 41.4 Å². The van der Waals surface area contributed by atoms with Gasteiger partial charge in [-0.2, -0.15) is 0 Å². The molecule has 0 heterocycles. The Labute approximate surface area is 273 Å². The van der Waals surface area contributed by atoms with Crippen LogP contribution in [0.15, 0.2) is 24.3 Å². The van der Waals surface area contributed by atoms with E-state index in [1.54, 1.807) is 38.1 Å². The van der Waals surface area contributed by atoms with Crippen molar-refractivity contribution in [1.82, 2.24) is 26.6 Å². The lowest BCUT2D eigenvalue weighted by atomic mass is 9.99. The van der Waals surface area contributed by atoms with Gasteiger partial charge in [0.15, 0.2) is 0 Å². The molecule has 0 unspecified atom stereocenters. The Bertz CT molecular complexity index is 1240. The zero-order valence-corrected chi connectivity index (χ0v) is 27.6. The standard InChI is InChI=1S/C30H47ClN8O7/c1-15(2)10-20(36-26(42)19(32)12-17-6-8-18(31)9-7-17)28(44)37-21(11-16(3)4)29(45)39-23(14-25(34)41)30(46)38-22(13-24(33)40)27(43)35-5/h6-9,15-16,19-23H,10-14,32H2,1-5H3,(H2,33,40)(H2,34,41)(H,35,43)(H,36,42)(H,37,44)(H,38,46)(H,39,45)/t19-,20-,21-,22-,23-/m0/s1. The van der Waals surface area contributed by atoms with E-state index in [1.807, 2.05) is 13.8 Å². The van der Waals surface area contributed by atoms with Crippen LogP contribution in [0.2, 0.25) is 5.02 Å². The van der Waals surface area contributed by atoms with Crippen LogP contribution in [0.25, 0.3) is 0 Å². The molecular weight excluding hydrogens is 620 g/mol. The topological polar surface area (TPSA) is 258 Å². The van der Waals surface area contributed by atoms with E-state index < -0.39 is 84.4 Å². The van der Waals surface area contributed by atoms with E-state index >= 15 is 0 Å². The number of amides is 7. The zero-order valence-electron chi connectivity index (χ0n) is 26.9. The van der Waals surface area contributed by atoms with Crippen molar-refractivity contribution in [3.63, 3.8) is 0 Å². The molecule has 0 aromatic heterocycles. The average molecular weight is 667 g/mol. The van der Waals surface area contributed by atoms with E-state index in [-0.39, 0.29) is 31.1 Å². The highest BCUT2D eigenvalue weighted by molar-refractivity contribution is 6.30. The van der Waals surface area contributed by atoms with Crippen molar-refractivity contribution < 1.29 is 33.6 Å². The minimum absolute atomic E-state index is 0.0294. The molecule has 15 nitrogen and oxygen atoms in total. The van der Waals surface area contributed by atoms with E-state index in [0.717, 1.165) is 5.56 Å². The van der Waals surface area contributed by atoms with E-state index in [9.17, 15) is 33.6 Å². The van der Waals surface area contributed by atoms with Gasteiger partial charge in [-0.3, -0.25) is 33.6 Å². The van der Waals surface area contributed by atoms with Gasteiger partial charge in [0, 0.05) is 12.1 Å². The Hall–Kier alpha value is -4.24. The largest absolute Gasteiger partial charge is 0.370 e. The summed E-state index contributed by atoms with van der Waals surface area (Å²) in [7, 11) is 1.28. The highest BCUT2D eigenvalue weighted by Gasteiger charge is 2.33. The number of carbonyl (C=O) groups is 7. The molecule has 1 aromatic carbocycles. The Kier molecular flexibility index (Phi) is 16.7. The van der Waals surface area contributed by atoms with Gasteiger partial charge in [0.25, 0.3) is 0 Å². The Morgan fingerprint density at radius 3 is 1.39 bits per heavy atom. The fourth-order valence-electron chi connectivity index (χ4n) is 4.46.